The van der Waals surface area contributed by atoms with E-state index in [1.54, 1.807) is 23.8 Å². The maximum Gasteiger partial charge on any atom is 0.244 e. The highest BCUT2D eigenvalue weighted by atomic mass is 32.1. The number of aromatic amines is 1. The van der Waals surface area contributed by atoms with E-state index in [0.29, 0.717) is 16.3 Å². The minimum absolute atomic E-state index is 0.0198. The summed E-state index contributed by atoms with van der Waals surface area (Å²) in [7, 11) is 1.59. The third-order valence-electron chi connectivity index (χ3n) is 3.54. The number of hydrogen-bond acceptors (Lipinski definition) is 4. The fourth-order valence-corrected chi connectivity index (χ4v) is 2.50. The van der Waals surface area contributed by atoms with Gasteiger partial charge >= 0.3 is 0 Å². The number of anilines is 1. The van der Waals surface area contributed by atoms with Crippen molar-refractivity contribution in [2.45, 2.75) is 6.54 Å². The first-order chi connectivity index (χ1) is 12.1. The molecule has 0 aliphatic heterocycles. The lowest BCUT2D eigenvalue weighted by Crippen LogP contribution is -2.19. The van der Waals surface area contributed by atoms with E-state index in [0.717, 1.165) is 11.3 Å². The van der Waals surface area contributed by atoms with Crippen LogP contribution < -0.4 is 10.1 Å². The molecule has 0 radical (unpaired) electrons. The summed E-state index contributed by atoms with van der Waals surface area (Å²) in [4.78, 5) is 12.3. The molecule has 6 nitrogen and oxygen atoms in total. The standard InChI is InChI=1S/C17H15FN4O2S/c1-24-14-8-2-11(3-9-14)16-20-21-17(25)22(16)10-15(23)19-13-6-4-12(18)5-7-13/h2-9H,10H2,1H3,(H,19,23)(H,21,25). The third-order valence-corrected chi connectivity index (χ3v) is 3.85. The van der Waals surface area contributed by atoms with Gasteiger partial charge in [0.1, 0.15) is 18.1 Å². The summed E-state index contributed by atoms with van der Waals surface area (Å²) in [5.74, 6) is 0.608. The molecule has 0 fully saturated rings. The molecule has 2 aromatic carbocycles. The van der Waals surface area contributed by atoms with Gasteiger partial charge in [-0.1, -0.05) is 0 Å². The zero-order valence-electron chi connectivity index (χ0n) is 13.3. The molecular weight excluding hydrogens is 343 g/mol. The first-order valence-corrected chi connectivity index (χ1v) is 7.82. The van der Waals surface area contributed by atoms with Crippen LogP contribution in [0.4, 0.5) is 10.1 Å². The topological polar surface area (TPSA) is 71.9 Å². The molecule has 1 amide bonds. The Morgan fingerprint density at radius 2 is 1.92 bits per heavy atom. The SMILES string of the molecule is COc1ccc(-c2n[nH]c(=S)n2CC(=O)Nc2ccc(F)cc2)cc1. The summed E-state index contributed by atoms with van der Waals surface area (Å²) in [5, 5.41) is 9.58. The average Bonchev–Trinajstić information content (AvgIpc) is 2.98. The second-order valence-corrected chi connectivity index (χ2v) is 5.61. The number of carbonyl (C=O) groups is 1. The Morgan fingerprint density at radius 3 is 2.56 bits per heavy atom. The number of amides is 1. The van der Waals surface area contributed by atoms with Crippen LogP contribution in [-0.4, -0.2) is 27.8 Å². The molecule has 128 valence electrons. The minimum atomic E-state index is -0.364. The number of carbonyl (C=O) groups excluding carboxylic acids is 1. The molecule has 2 N–H and O–H groups in total. The monoisotopic (exact) mass is 358 g/mol. The van der Waals surface area contributed by atoms with Crippen LogP contribution in [0.25, 0.3) is 11.4 Å². The van der Waals surface area contributed by atoms with Gasteiger partial charge < -0.3 is 10.1 Å². The molecule has 1 heterocycles. The molecule has 3 aromatic rings. The Bertz CT molecular complexity index is 933. The summed E-state index contributed by atoms with van der Waals surface area (Å²) in [6.07, 6.45) is 0. The van der Waals surface area contributed by atoms with Gasteiger partial charge in [0.05, 0.1) is 7.11 Å². The molecule has 3 rings (SSSR count). The number of hydrogen-bond donors (Lipinski definition) is 2. The summed E-state index contributed by atoms with van der Waals surface area (Å²) in [6, 6.07) is 12.8. The highest BCUT2D eigenvalue weighted by Gasteiger charge is 2.13. The Morgan fingerprint density at radius 1 is 1.24 bits per heavy atom. The van der Waals surface area contributed by atoms with E-state index in [4.69, 9.17) is 17.0 Å². The summed E-state index contributed by atoms with van der Waals surface area (Å²) in [5.41, 5.74) is 1.30. The number of methoxy groups -OCH3 is 1. The fraction of sp³-hybridized carbons (Fsp3) is 0.118. The van der Waals surface area contributed by atoms with Gasteiger partial charge in [0.15, 0.2) is 10.6 Å². The van der Waals surface area contributed by atoms with Crippen LogP contribution in [0.2, 0.25) is 0 Å². The predicted octanol–water partition coefficient (Wildman–Crippen LogP) is 3.39. The molecule has 0 aliphatic rings. The van der Waals surface area contributed by atoms with E-state index in [9.17, 15) is 9.18 Å². The molecule has 1 aromatic heterocycles. The van der Waals surface area contributed by atoms with Crippen molar-refractivity contribution in [1.82, 2.24) is 14.8 Å². The number of benzene rings is 2. The van der Waals surface area contributed by atoms with Crippen molar-refractivity contribution in [3.8, 4) is 17.1 Å². The first-order valence-electron chi connectivity index (χ1n) is 7.42. The third kappa shape index (κ3) is 3.92. The molecule has 0 bridgehead atoms. The Kier molecular flexibility index (Phi) is 4.90. The van der Waals surface area contributed by atoms with Gasteiger partial charge in [-0.3, -0.25) is 14.5 Å². The van der Waals surface area contributed by atoms with Crippen molar-refractivity contribution in [2.24, 2.45) is 0 Å². The molecule has 0 saturated carbocycles. The molecular formula is C17H15FN4O2S. The van der Waals surface area contributed by atoms with E-state index in [1.807, 2.05) is 12.1 Å². The highest BCUT2D eigenvalue weighted by Crippen LogP contribution is 2.21. The van der Waals surface area contributed by atoms with Gasteiger partial charge in [-0.15, -0.1) is 0 Å². The lowest BCUT2D eigenvalue weighted by atomic mass is 10.2. The number of H-pyrrole nitrogens is 1. The molecule has 8 heteroatoms. The van der Waals surface area contributed by atoms with Crippen LogP contribution in [0.1, 0.15) is 0 Å². The van der Waals surface area contributed by atoms with Gasteiger partial charge in [-0.25, -0.2) is 4.39 Å². The van der Waals surface area contributed by atoms with Crippen LogP contribution >= 0.6 is 12.2 Å². The largest absolute Gasteiger partial charge is 0.497 e. The lowest BCUT2D eigenvalue weighted by Gasteiger charge is -2.09. The van der Waals surface area contributed by atoms with Gasteiger partial charge in [-0.05, 0) is 60.7 Å². The zero-order valence-corrected chi connectivity index (χ0v) is 14.1. The Hall–Kier alpha value is -3.00. The van der Waals surface area contributed by atoms with Crippen molar-refractivity contribution in [3.05, 3.63) is 59.1 Å². The minimum Gasteiger partial charge on any atom is -0.497 e. The van der Waals surface area contributed by atoms with E-state index >= 15 is 0 Å². The normalized spacial score (nSPS) is 10.5. The van der Waals surface area contributed by atoms with Crippen molar-refractivity contribution < 1.29 is 13.9 Å². The number of nitrogens with one attached hydrogen (secondary N) is 2. The van der Waals surface area contributed by atoms with Crippen molar-refractivity contribution >= 4 is 23.8 Å². The van der Waals surface area contributed by atoms with Crippen molar-refractivity contribution in [1.29, 1.82) is 0 Å². The number of ether oxygens (including phenoxy) is 1. The Balaban J connectivity index is 1.80. The second-order valence-electron chi connectivity index (χ2n) is 5.22. The smallest absolute Gasteiger partial charge is 0.244 e. The predicted molar refractivity (Wildman–Crippen MR) is 94.4 cm³/mol. The second kappa shape index (κ2) is 7.27. The number of halogens is 1. The van der Waals surface area contributed by atoms with Gasteiger partial charge in [-0.2, -0.15) is 5.10 Å². The molecule has 0 saturated heterocycles. The first kappa shape index (κ1) is 16.8. The van der Waals surface area contributed by atoms with E-state index in [1.165, 1.54) is 24.3 Å². The van der Waals surface area contributed by atoms with Crippen LogP contribution in [0, 0.1) is 10.6 Å². The summed E-state index contributed by atoms with van der Waals surface area (Å²) in [6.45, 7) is -0.0198. The maximum atomic E-state index is 12.9. The average molecular weight is 358 g/mol. The lowest BCUT2D eigenvalue weighted by molar-refractivity contribution is -0.116. The molecule has 0 atom stereocenters. The van der Waals surface area contributed by atoms with Gasteiger partial charge in [0.25, 0.3) is 0 Å². The number of aromatic nitrogens is 3. The van der Waals surface area contributed by atoms with E-state index < -0.39 is 0 Å². The fourth-order valence-electron chi connectivity index (χ4n) is 2.30. The van der Waals surface area contributed by atoms with Crippen LogP contribution in [-0.2, 0) is 11.3 Å². The number of nitrogens with zero attached hydrogens (tertiary/aromatic N) is 2. The molecule has 0 aliphatic carbocycles. The highest BCUT2D eigenvalue weighted by molar-refractivity contribution is 7.71. The van der Waals surface area contributed by atoms with Crippen LogP contribution in [0.5, 0.6) is 5.75 Å². The van der Waals surface area contributed by atoms with Crippen LogP contribution in [0.3, 0.4) is 0 Å². The molecule has 0 spiro atoms. The zero-order chi connectivity index (χ0) is 17.8. The van der Waals surface area contributed by atoms with Gasteiger partial charge in [0.2, 0.25) is 5.91 Å². The maximum absolute atomic E-state index is 12.9. The van der Waals surface area contributed by atoms with E-state index in [-0.39, 0.29) is 18.3 Å². The van der Waals surface area contributed by atoms with Crippen LogP contribution in [0.15, 0.2) is 48.5 Å². The molecule has 0 unspecified atom stereocenters. The quantitative estimate of drug-likeness (QED) is 0.686. The van der Waals surface area contributed by atoms with Crippen molar-refractivity contribution in [3.63, 3.8) is 0 Å². The molecule has 25 heavy (non-hydrogen) atoms. The Labute approximate surface area is 148 Å². The van der Waals surface area contributed by atoms with E-state index in [2.05, 4.69) is 15.5 Å². The number of rotatable bonds is 5. The van der Waals surface area contributed by atoms with Crippen molar-refractivity contribution in [2.75, 3.05) is 12.4 Å². The van der Waals surface area contributed by atoms with Gasteiger partial charge in [0, 0.05) is 11.3 Å². The summed E-state index contributed by atoms with van der Waals surface area (Å²) < 4.78 is 20.0. The summed E-state index contributed by atoms with van der Waals surface area (Å²) >= 11 is 5.21.